The van der Waals surface area contributed by atoms with Gasteiger partial charge in [-0.3, -0.25) is 4.79 Å². The number of carbonyl (C=O) groups is 2. The van der Waals surface area contributed by atoms with E-state index < -0.39 is 6.09 Å². The summed E-state index contributed by atoms with van der Waals surface area (Å²) in [6, 6.07) is 0. The van der Waals surface area contributed by atoms with Gasteiger partial charge in [0.2, 0.25) is 5.91 Å². The van der Waals surface area contributed by atoms with Gasteiger partial charge in [-0.15, -0.1) is 0 Å². The Kier molecular flexibility index (Phi) is 2.59. The van der Waals surface area contributed by atoms with Crippen LogP contribution in [0.4, 0.5) is 4.79 Å². The third-order valence-electron chi connectivity index (χ3n) is 2.30. The molecule has 1 aliphatic rings. The largest absolute Gasteiger partial charge is 0.452 e. The lowest BCUT2D eigenvalue weighted by Gasteiger charge is -2.35. The van der Waals surface area contributed by atoms with Gasteiger partial charge in [0.25, 0.3) is 0 Å². The predicted molar refractivity (Wildman–Crippen MR) is 47.1 cm³/mol. The molecule has 1 aliphatic heterocycles. The fourth-order valence-electron chi connectivity index (χ4n) is 1.45. The van der Waals surface area contributed by atoms with Crippen LogP contribution in [0.15, 0.2) is 0 Å². The molecule has 2 amide bonds. The third kappa shape index (κ3) is 2.20. The van der Waals surface area contributed by atoms with Crippen molar-refractivity contribution in [2.75, 3.05) is 13.7 Å². The molecule has 1 rings (SSSR count). The van der Waals surface area contributed by atoms with Gasteiger partial charge in [0, 0.05) is 13.0 Å². The molecule has 0 unspecified atom stereocenters. The molecule has 1 fully saturated rings. The standard InChI is InChI=1S/C9H15NO3/c1-9(2)5-4-7(11)10(6-9)8(12)13-3/h4-6H2,1-3H3. The molecule has 1 heterocycles. The molecule has 0 aliphatic carbocycles. The molecule has 0 spiro atoms. The summed E-state index contributed by atoms with van der Waals surface area (Å²) in [5.41, 5.74) is 0.0160. The van der Waals surface area contributed by atoms with Gasteiger partial charge in [-0.25, -0.2) is 9.69 Å². The molecule has 0 atom stereocenters. The molecule has 0 aromatic heterocycles. The van der Waals surface area contributed by atoms with Crippen LogP contribution in [0.1, 0.15) is 26.7 Å². The number of rotatable bonds is 0. The molecule has 0 bridgehead atoms. The molecule has 4 nitrogen and oxygen atoms in total. The highest BCUT2D eigenvalue weighted by molar-refractivity contribution is 5.92. The molecule has 0 aromatic carbocycles. The Labute approximate surface area is 77.8 Å². The second kappa shape index (κ2) is 3.36. The molecule has 74 valence electrons. The lowest BCUT2D eigenvalue weighted by molar-refractivity contribution is -0.134. The van der Waals surface area contributed by atoms with Crippen LogP contribution < -0.4 is 0 Å². The van der Waals surface area contributed by atoms with Gasteiger partial charge in [0.1, 0.15) is 0 Å². The van der Waals surface area contributed by atoms with Crippen LogP contribution in [-0.2, 0) is 9.53 Å². The molecular weight excluding hydrogens is 170 g/mol. The zero-order valence-corrected chi connectivity index (χ0v) is 8.29. The third-order valence-corrected chi connectivity index (χ3v) is 2.30. The van der Waals surface area contributed by atoms with Crippen molar-refractivity contribution in [2.45, 2.75) is 26.7 Å². The first-order valence-electron chi connectivity index (χ1n) is 4.34. The van der Waals surface area contributed by atoms with Gasteiger partial charge in [0.15, 0.2) is 0 Å². The molecule has 4 heteroatoms. The number of likely N-dealkylation sites (tertiary alicyclic amines) is 1. The minimum absolute atomic E-state index is 0.0160. The van der Waals surface area contributed by atoms with Crippen molar-refractivity contribution in [3.05, 3.63) is 0 Å². The molecule has 0 N–H and O–H groups in total. The summed E-state index contributed by atoms with van der Waals surface area (Å²) < 4.78 is 4.52. The van der Waals surface area contributed by atoms with E-state index in [1.54, 1.807) is 0 Å². The van der Waals surface area contributed by atoms with E-state index in [4.69, 9.17) is 0 Å². The number of methoxy groups -OCH3 is 1. The Morgan fingerprint density at radius 3 is 2.69 bits per heavy atom. The highest BCUT2D eigenvalue weighted by Crippen LogP contribution is 2.29. The van der Waals surface area contributed by atoms with Gasteiger partial charge in [0.05, 0.1) is 7.11 Å². The predicted octanol–water partition coefficient (Wildman–Crippen LogP) is 1.40. The van der Waals surface area contributed by atoms with E-state index in [0.29, 0.717) is 13.0 Å². The van der Waals surface area contributed by atoms with E-state index >= 15 is 0 Å². The van der Waals surface area contributed by atoms with Crippen LogP contribution in [0.3, 0.4) is 0 Å². The van der Waals surface area contributed by atoms with Crippen molar-refractivity contribution in [3.8, 4) is 0 Å². The van der Waals surface area contributed by atoms with Crippen molar-refractivity contribution in [1.82, 2.24) is 4.90 Å². The van der Waals surface area contributed by atoms with Crippen LogP contribution in [0.25, 0.3) is 0 Å². The summed E-state index contributed by atoms with van der Waals surface area (Å²) in [6.07, 6.45) is 0.722. The monoisotopic (exact) mass is 185 g/mol. The van der Waals surface area contributed by atoms with Crippen LogP contribution in [0.2, 0.25) is 0 Å². The zero-order valence-electron chi connectivity index (χ0n) is 8.29. The Morgan fingerprint density at radius 2 is 2.15 bits per heavy atom. The maximum absolute atomic E-state index is 11.3. The first-order chi connectivity index (χ1) is 5.96. The number of carbonyl (C=O) groups excluding carboxylic acids is 2. The van der Waals surface area contributed by atoms with E-state index in [9.17, 15) is 9.59 Å². The number of hydrogen-bond acceptors (Lipinski definition) is 3. The first kappa shape index (κ1) is 10.0. The van der Waals surface area contributed by atoms with Gasteiger partial charge in [-0.05, 0) is 11.8 Å². The fourth-order valence-corrected chi connectivity index (χ4v) is 1.45. The highest BCUT2D eigenvalue weighted by Gasteiger charge is 2.35. The summed E-state index contributed by atoms with van der Waals surface area (Å²) >= 11 is 0. The molecule has 13 heavy (non-hydrogen) atoms. The van der Waals surface area contributed by atoms with Crippen molar-refractivity contribution in [2.24, 2.45) is 5.41 Å². The summed E-state index contributed by atoms with van der Waals surface area (Å²) in [7, 11) is 1.29. The van der Waals surface area contributed by atoms with Crippen LogP contribution in [0.5, 0.6) is 0 Å². The van der Waals surface area contributed by atoms with Crippen molar-refractivity contribution in [1.29, 1.82) is 0 Å². The molecule has 0 radical (unpaired) electrons. The van der Waals surface area contributed by atoms with Gasteiger partial charge in [-0.2, -0.15) is 0 Å². The van der Waals surface area contributed by atoms with E-state index in [0.717, 1.165) is 6.42 Å². The Bertz CT molecular complexity index is 227. The Hall–Kier alpha value is -1.06. The summed E-state index contributed by atoms with van der Waals surface area (Å²) in [6.45, 7) is 4.53. The Morgan fingerprint density at radius 1 is 1.54 bits per heavy atom. The number of amides is 2. The molecule has 0 aromatic rings. The molecule has 0 saturated carbocycles. The quantitative estimate of drug-likeness (QED) is 0.573. The number of nitrogens with zero attached hydrogens (tertiary/aromatic N) is 1. The zero-order chi connectivity index (χ0) is 10.1. The lowest BCUT2D eigenvalue weighted by atomic mass is 9.84. The Balaban J connectivity index is 2.71. The minimum atomic E-state index is -0.544. The van der Waals surface area contributed by atoms with E-state index in [1.807, 2.05) is 13.8 Å². The highest BCUT2D eigenvalue weighted by atomic mass is 16.5. The maximum Gasteiger partial charge on any atom is 0.416 e. The first-order valence-corrected chi connectivity index (χ1v) is 4.34. The summed E-state index contributed by atoms with van der Waals surface area (Å²) in [5, 5.41) is 0. The second-order valence-corrected chi connectivity index (χ2v) is 4.11. The number of imide groups is 1. The maximum atomic E-state index is 11.3. The minimum Gasteiger partial charge on any atom is -0.452 e. The van der Waals surface area contributed by atoms with Crippen LogP contribution in [-0.4, -0.2) is 30.6 Å². The number of ether oxygens (including phenoxy) is 1. The van der Waals surface area contributed by atoms with Crippen LogP contribution in [0, 0.1) is 5.41 Å². The average molecular weight is 185 g/mol. The normalized spacial score (nSPS) is 21.5. The van der Waals surface area contributed by atoms with E-state index in [1.165, 1.54) is 12.0 Å². The van der Waals surface area contributed by atoms with E-state index in [2.05, 4.69) is 4.74 Å². The topological polar surface area (TPSA) is 46.6 Å². The van der Waals surface area contributed by atoms with Crippen molar-refractivity contribution >= 4 is 12.0 Å². The van der Waals surface area contributed by atoms with Crippen molar-refractivity contribution in [3.63, 3.8) is 0 Å². The summed E-state index contributed by atoms with van der Waals surface area (Å²) in [4.78, 5) is 23.6. The van der Waals surface area contributed by atoms with E-state index in [-0.39, 0.29) is 11.3 Å². The number of piperidine rings is 1. The van der Waals surface area contributed by atoms with Gasteiger partial charge in [-0.1, -0.05) is 13.8 Å². The lowest BCUT2D eigenvalue weighted by Crippen LogP contribution is -2.47. The number of hydrogen-bond donors (Lipinski definition) is 0. The van der Waals surface area contributed by atoms with Crippen LogP contribution >= 0.6 is 0 Å². The smallest absolute Gasteiger partial charge is 0.416 e. The second-order valence-electron chi connectivity index (χ2n) is 4.11. The van der Waals surface area contributed by atoms with Gasteiger partial charge < -0.3 is 4.74 Å². The SMILES string of the molecule is COC(=O)N1CC(C)(C)CCC1=O. The van der Waals surface area contributed by atoms with Crippen molar-refractivity contribution < 1.29 is 14.3 Å². The molecular formula is C9H15NO3. The average Bonchev–Trinajstić information content (AvgIpc) is 2.08. The summed E-state index contributed by atoms with van der Waals surface area (Å²) in [5.74, 6) is -0.133. The fraction of sp³-hybridized carbons (Fsp3) is 0.778. The molecule has 1 saturated heterocycles. The van der Waals surface area contributed by atoms with Gasteiger partial charge >= 0.3 is 6.09 Å².